The molecule has 1 aromatic rings. The van der Waals surface area contributed by atoms with Crippen LogP contribution in [0.15, 0.2) is 18.2 Å². The second-order valence-electron chi connectivity index (χ2n) is 4.34. The second kappa shape index (κ2) is 7.10. The number of hydrogen-bond donors (Lipinski definition) is 2. The molecule has 0 amide bonds. The Morgan fingerprint density at radius 2 is 2.00 bits per heavy atom. The summed E-state index contributed by atoms with van der Waals surface area (Å²) in [6, 6.07) is 3.16. The summed E-state index contributed by atoms with van der Waals surface area (Å²) in [4.78, 5) is 0. The van der Waals surface area contributed by atoms with Gasteiger partial charge in [0.2, 0.25) is 10.0 Å². The lowest BCUT2D eigenvalue weighted by Crippen LogP contribution is -2.19. The van der Waals surface area contributed by atoms with Gasteiger partial charge in [-0.15, -0.1) is 0 Å². The van der Waals surface area contributed by atoms with Gasteiger partial charge in [-0.2, -0.15) is 13.2 Å². The molecule has 0 heterocycles. The van der Waals surface area contributed by atoms with Crippen molar-refractivity contribution in [2.24, 2.45) is 5.73 Å². The third kappa shape index (κ3) is 5.52. The average Bonchev–Trinajstić information content (AvgIpc) is 2.37. The van der Waals surface area contributed by atoms with Crippen LogP contribution < -0.4 is 10.5 Å². The number of sulfonamides is 1. The number of rotatable bonds is 7. The van der Waals surface area contributed by atoms with Crippen LogP contribution in [0.1, 0.15) is 17.5 Å². The highest BCUT2D eigenvalue weighted by Crippen LogP contribution is 2.33. The molecule has 0 radical (unpaired) electrons. The zero-order chi connectivity index (χ0) is 16.1. The van der Waals surface area contributed by atoms with E-state index in [1.165, 1.54) is 13.2 Å². The van der Waals surface area contributed by atoms with Gasteiger partial charge in [-0.25, -0.2) is 8.42 Å². The number of hydrogen-bond acceptors (Lipinski definition) is 4. The second-order valence-corrected chi connectivity index (χ2v) is 6.18. The third-order valence-electron chi connectivity index (χ3n) is 2.67. The summed E-state index contributed by atoms with van der Waals surface area (Å²) in [6.45, 7) is -0.0312. The highest BCUT2D eigenvalue weighted by atomic mass is 32.2. The molecule has 0 unspecified atom stereocenters. The molecule has 0 bridgehead atoms. The number of nitrogens with two attached hydrogens (primary N) is 1. The van der Waals surface area contributed by atoms with Gasteiger partial charge in [0.15, 0.2) is 0 Å². The minimum absolute atomic E-state index is 0.0927. The van der Waals surface area contributed by atoms with E-state index in [4.69, 9.17) is 10.5 Å². The van der Waals surface area contributed by atoms with Crippen LogP contribution in [0.2, 0.25) is 0 Å². The molecule has 120 valence electrons. The molecule has 0 saturated carbocycles. The first-order chi connectivity index (χ1) is 9.69. The summed E-state index contributed by atoms with van der Waals surface area (Å²) < 4.78 is 68.8. The van der Waals surface area contributed by atoms with Gasteiger partial charge in [0.25, 0.3) is 0 Å². The van der Waals surface area contributed by atoms with Crippen molar-refractivity contribution in [1.29, 1.82) is 0 Å². The highest BCUT2D eigenvalue weighted by Gasteiger charge is 2.33. The first-order valence-electron chi connectivity index (χ1n) is 6.09. The number of methoxy groups -OCH3 is 1. The van der Waals surface area contributed by atoms with Crippen LogP contribution in [-0.2, 0) is 27.5 Å². The summed E-state index contributed by atoms with van der Waals surface area (Å²) in [6.07, 6.45) is -4.34. The van der Waals surface area contributed by atoms with E-state index in [0.29, 0.717) is 0 Å². The minimum Gasteiger partial charge on any atom is -0.385 e. The fourth-order valence-corrected chi connectivity index (χ4v) is 2.79. The highest BCUT2D eigenvalue weighted by molar-refractivity contribution is 7.92. The van der Waals surface area contributed by atoms with Gasteiger partial charge in [-0.1, -0.05) is 6.07 Å². The van der Waals surface area contributed by atoms with Gasteiger partial charge >= 0.3 is 6.18 Å². The number of nitrogens with one attached hydrogen (secondary N) is 1. The van der Waals surface area contributed by atoms with Gasteiger partial charge in [-0.05, 0) is 24.1 Å². The van der Waals surface area contributed by atoms with Gasteiger partial charge in [0, 0.05) is 25.9 Å². The van der Waals surface area contributed by atoms with Gasteiger partial charge in [0.05, 0.1) is 11.3 Å². The number of ether oxygens (including phenoxy) is 1. The summed E-state index contributed by atoms with van der Waals surface area (Å²) in [5, 5.41) is 0. The van der Waals surface area contributed by atoms with Crippen molar-refractivity contribution in [3.05, 3.63) is 29.3 Å². The van der Waals surface area contributed by atoms with E-state index in [2.05, 4.69) is 4.72 Å². The van der Waals surface area contributed by atoms with Gasteiger partial charge < -0.3 is 10.5 Å². The molecule has 1 rings (SSSR count). The lowest BCUT2D eigenvalue weighted by Gasteiger charge is -2.14. The van der Waals surface area contributed by atoms with Gasteiger partial charge in [0.1, 0.15) is 0 Å². The molecule has 0 aromatic heterocycles. The van der Waals surface area contributed by atoms with Crippen molar-refractivity contribution < 1.29 is 26.3 Å². The molecule has 5 nitrogen and oxygen atoms in total. The zero-order valence-electron chi connectivity index (χ0n) is 11.4. The number of benzene rings is 1. The van der Waals surface area contributed by atoms with Crippen LogP contribution in [-0.4, -0.2) is 27.9 Å². The van der Waals surface area contributed by atoms with Crippen molar-refractivity contribution in [2.45, 2.75) is 19.1 Å². The Labute approximate surface area is 121 Å². The number of halogens is 3. The van der Waals surface area contributed by atoms with Crippen molar-refractivity contribution in [1.82, 2.24) is 0 Å². The molecule has 0 aliphatic heterocycles. The summed E-state index contributed by atoms with van der Waals surface area (Å²) >= 11 is 0. The normalized spacial score (nSPS) is 12.4. The molecule has 0 fully saturated rings. The minimum atomic E-state index is -4.59. The number of anilines is 1. The van der Waals surface area contributed by atoms with Crippen LogP contribution in [0, 0.1) is 0 Å². The molecule has 9 heteroatoms. The standard InChI is InChI=1S/C12H17F3N2O3S/c1-20-5-2-6-21(18,19)17-10-4-3-9(8-16)11(7-10)12(13,14)15/h3-4,7,17H,2,5-6,8,16H2,1H3. The largest absolute Gasteiger partial charge is 0.416 e. The van der Waals surface area contributed by atoms with Crippen LogP contribution in [0.25, 0.3) is 0 Å². The predicted molar refractivity (Wildman–Crippen MR) is 73.2 cm³/mol. The Morgan fingerprint density at radius 3 is 2.52 bits per heavy atom. The fourth-order valence-electron chi connectivity index (χ4n) is 1.71. The quantitative estimate of drug-likeness (QED) is 0.750. The van der Waals surface area contributed by atoms with Crippen molar-refractivity contribution in [3.8, 4) is 0 Å². The maximum Gasteiger partial charge on any atom is 0.416 e. The topological polar surface area (TPSA) is 81.4 Å². The van der Waals surface area contributed by atoms with Gasteiger partial charge in [-0.3, -0.25) is 4.72 Å². The van der Waals surface area contributed by atoms with E-state index in [9.17, 15) is 21.6 Å². The van der Waals surface area contributed by atoms with Crippen LogP contribution >= 0.6 is 0 Å². The van der Waals surface area contributed by atoms with Crippen LogP contribution in [0.4, 0.5) is 18.9 Å². The molecule has 0 aliphatic rings. The summed E-state index contributed by atoms with van der Waals surface area (Å²) in [7, 11) is -2.29. The van der Waals surface area contributed by atoms with Crippen molar-refractivity contribution in [2.75, 3.05) is 24.2 Å². The van der Waals surface area contributed by atoms with E-state index in [1.54, 1.807) is 0 Å². The Hall–Kier alpha value is -1.32. The smallest absolute Gasteiger partial charge is 0.385 e. The lowest BCUT2D eigenvalue weighted by molar-refractivity contribution is -0.138. The first-order valence-corrected chi connectivity index (χ1v) is 7.74. The summed E-state index contributed by atoms with van der Waals surface area (Å²) in [5.41, 5.74) is 4.08. The molecule has 1 aromatic carbocycles. The SMILES string of the molecule is COCCCS(=O)(=O)Nc1ccc(CN)c(C(F)(F)F)c1. The van der Waals surface area contributed by atoms with E-state index >= 15 is 0 Å². The molecule has 3 N–H and O–H groups in total. The molecule has 0 atom stereocenters. The zero-order valence-corrected chi connectivity index (χ0v) is 12.2. The van der Waals surface area contributed by atoms with E-state index in [-0.39, 0.29) is 36.6 Å². The van der Waals surface area contributed by atoms with E-state index in [1.807, 2.05) is 0 Å². The van der Waals surface area contributed by atoms with Crippen molar-refractivity contribution >= 4 is 15.7 Å². The summed E-state index contributed by atoms with van der Waals surface area (Å²) in [5.74, 6) is -0.235. The fraction of sp³-hybridized carbons (Fsp3) is 0.500. The number of alkyl halides is 3. The third-order valence-corrected chi connectivity index (χ3v) is 4.04. The maximum absolute atomic E-state index is 12.8. The maximum atomic E-state index is 12.8. The Bertz CT molecular complexity index is 574. The van der Waals surface area contributed by atoms with Crippen LogP contribution in [0.3, 0.4) is 0 Å². The van der Waals surface area contributed by atoms with Crippen molar-refractivity contribution in [3.63, 3.8) is 0 Å². The first kappa shape index (κ1) is 17.7. The van der Waals surface area contributed by atoms with E-state index in [0.717, 1.165) is 12.1 Å². The Morgan fingerprint density at radius 1 is 1.33 bits per heavy atom. The molecule has 21 heavy (non-hydrogen) atoms. The molecule has 0 spiro atoms. The molecular formula is C12H17F3N2O3S. The monoisotopic (exact) mass is 326 g/mol. The average molecular weight is 326 g/mol. The van der Waals surface area contributed by atoms with E-state index < -0.39 is 21.8 Å². The lowest BCUT2D eigenvalue weighted by atomic mass is 10.1. The van der Waals surface area contributed by atoms with Crippen LogP contribution in [0.5, 0.6) is 0 Å². The molecule has 0 saturated heterocycles. The Balaban J connectivity index is 2.95. The molecular weight excluding hydrogens is 309 g/mol. The predicted octanol–water partition coefficient (Wildman–Crippen LogP) is 1.94. The molecule has 0 aliphatic carbocycles. The Kier molecular flexibility index (Phi) is 5.99.